The molecule has 0 aliphatic rings. The van der Waals surface area contributed by atoms with Gasteiger partial charge in [-0.3, -0.25) is 0 Å². The second-order valence-corrected chi connectivity index (χ2v) is 1.45. The average molecular weight is 194 g/mol. The van der Waals surface area contributed by atoms with E-state index in [1.807, 2.05) is 0 Å². The van der Waals surface area contributed by atoms with E-state index < -0.39 is 0 Å². The van der Waals surface area contributed by atoms with Crippen LogP contribution >= 0.6 is 0 Å². The molecule has 0 amide bonds. The van der Waals surface area contributed by atoms with Crippen molar-refractivity contribution in [3.8, 4) is 0 Å². The van der Waals surface area contributed by atoms with Crippen molar-refractivity contribution < 1.29 is 37.5 Å². The molecule has 0 aliphatic carbocycles. The largest absolute Gasteiger partial charge is 0.312 e. The molecule has 0 fully saturated rings. The first-order valence-electron chi connectivity index (χ1n) is 2.35. The molecule has 0 heterocycles. The molecule has 0 bridgehead atoms. The smallest absolute Gasteiger partial charge is 0.0950 e. The van der Waals surface area contributed by atoms with Gasteiger partial charge in [0.1, 0.15) is 0 Å². The molecule has 0 spiro atoms. The van der Waals surface area contributed by atoms with Gasteiger partial charge in [-0.1, -0.05) is 5.56 Å². The number of carbonyl (C=O) groups is 1. The van der Waals surface area contributed by atoms with Crippen molar-refractivity contribution in [2.45, 2.75) is 0 Å². The zero-order valence-corrected chi connectivity index (χ0v) is 7.71. The summed E-state index contributed by atoms with van der Waals surface area (Å²) in [4.78, 5) is 9.99. The van der Waals surface area contributed by atoms with Gasteiger partial charge in [-0.25, -0.2) is 0 Å². The van der Waals surface area contributed by atoms with E-state index in [4.69, 9.17) is 0 Å². The molecule has 1 aromatic rings. The van der Waals surface area contributed by atoms with E-state index in [1.165, 1.54) is 0 Å². The molecule has 43 valence electrons. The van der Waals surface area contributed by atoms with Gasteiger partial charge in [0, 0.05) is 32.7 Å². The molecule has 1 nitrogen and oxygen atoms in total. The van der Waals surface area contributed by atoms with E-state index >= 15 is 0 Å². The minimum Gasteiger partial charge on any atom is -0.312 e. The van der Waals surface area contributed by atoms with Crippen LogP contribution in [0.1, 0.15) is 10.4 Å². The molecule has 0 aromatic heterocycles. The topological polar surface area (TPSA) is 17.1 Å². The van der Waals surface area contributed by atoms with Crippen LogP contribution in [-0.4, -0.2) is 6.29 Å². The molecule has 0 N–H and O–H groups in total. The Labute approximate surface area is 79.3 Å². The quantitative estimate of drug-likeness (QED) is 0.486. The monoisotopic (exact) mass is 194 g/mol. The third-order valence-corrected chi connectivity index (χ3v) is 0.867. The molecule has 1 rings (SSSR count). The Morgan fingerprint density at radius 2 is 2.33 bits per heavy atom. The Hall–Kier alpha value is -0.00610. The number of carbonyl (C=O) groups excluding carboxylic acids is 1. The van der Waals surface area contributed by atoms with Crippen molar-refractivity contribution in [1.29, 1.82) is 0 Å². The van der Waals surface area contributed by atoms with E-state index in [0.717, 1.165) is 6.29 Å². The third kappa shape index (κ3) is 2.88. The summed E-state index contributed by atoms with van der Waals surface area (Å²) in [7, 11) is 0. The summed E-state index contributed by atoms with van der Waals surface area (Å²) in [6.07, 6.45) is 0.802. The van der Waals surface area contributed by atoms with Gasteiger partial charge in [-0.2, -0.15) is 30.3 Å². The van der Waals surface area contributed by atoms with E-state index in [2.05, 4.69) is 6.07 Å². The predicted molar refractivity (Wildman–Crippen MR) is 30.7 cm³/mol. The predicted octanol–water partition coefficient (Wildman–Crippen LogP) is 1.30. The van der Waals surface area contributed by atoms with Crippen LogP contribution in [-0.2, 0) is 32.7 Å². The maximum absolute atomic E-state index is 9.99. The molecule has 0 unspecified atom stereocenters. The Kier molecular flexibility index (Phi) is 4.83. The molecule has 0 saturated carbocycles. The molecule has 9 heavy (non-hydrogen) atoms. The fourth-order valence-corrected chi connectivity index (χ4v) is 0.481. The fourth-order valence-electron chi connectivity index (χ4n) is 0.481. The van der Waals surface area contributed by atoms with Crippen molar-refractivity contribution in [3.05, 3.63) is 35.9 Å². The summed E-state index contributed by atoms with van der Waals surface area (Å²) in [6, 6.07) is 9.70. The van der Waals surface area contributed by atoms with E-state index in [1.54, 1.807) is 24.3 Å². The minimum atomic E-state index is 0. The number of aldehydes is 1. The van der Waals surface area contributed by atoms with Crippen LogP contribution in [0.3, 0.4) is 0 Å². The molecule has 2 heteroatoms. The Morgan fingerprint density at radius 3 is 2.67 bits per heavy atom. The van der Waals surface area contributed by atoms with Gasteiger partial charge in [-0.15, -0.1) is 0 Å². The zero-order chi connectivity index (χ0) is 5.82. The van der Waals surface area contributed by atoms with Crippen LogP contribution in [0.25, 0.3) is 0 Å². The van der Waals surface area contributed by atoms with Crippen LogP contribution in [0.4, 0.5) is 0 Å². The Bertz CT molecular complexity index is 172. The van der Waals surface area contributed by atoms with E-state index in [0.29, 0.717) is 5.56 Å². The van der Waals surface area contributed by atoms with Gasteiger partial charge in [0.15, 0.2) is 0 Å². The first kappa shape index (κ1) is 8.99. The second kappa shape index (κ2) is 4.83. The van der Waals surface area contributed by atoms with Crippen molar-refractivity contribution in [1.82, 2.24) is 0 Å². The number of hydrogen-bond acceptors (Lipinski definition) is 1. The molecule has 1 radical (unpaired) electrons. The summed E-state index contributed by atoms with van der Waals surface area (Å²) in [6.45, 7) is 0. The molecular formula is C7H5OY-. The second-order valence-electron chi connectivity index (χ2n) is 1.45. The van der Waals surface area contributed by atoms with E-state index in [9.17, 15) is 4.79 Å². The molecule has 0 aliphatic heterocycles. The number of benzene rings is 1. The van der Waals surface area contributed by atoms with Crippen LogP contribution in [0.2, 0.25) is 0 Å². The van der Waals surface area contributed by atoms with Crippen LogP contribution in [0.5, 0.6) is 0 Å². The van der Waals surface area contributed by atoms with Crippen molar-refractivity contribution in [2.75, 3.05) is 0 Å². The first-order valence-corrected chi connectivity index (χ1v) is 2.35. The van der Waals surface area contributed by atoms with Crippen molar-refractivity contribution >= 4 is 6.29 Å². The summed E-state index contributed by atoms with van der Waals surface area (Å²) in [5.41, 5.74) is 0.674. The summed E-state index contributed by atoms with van der Waals surface area (Å²) in [5, 5.41) is 0. The Balaban J connectivity index is 0.000000640. The standard InChI is InChI=1S/C7H5O.Y/c8-6-7-4-2-1-3-5-7;/h1-2,4-6H;/q-1;. The van der Waals surface area contributed by atoms with Gasteiger partial charge in [-0.05, 0) is 0 Å². The van der Waals surface area contributed by atoms with Gasteiger partial charge >= 0.3 is 0 Å². The molecule has 0 atom stereocenters. The van der Waals surface area contributed by atoms with Gasteiger partial charge < -0.3 is 4.79 Å². The molecular weight excluding hydrogens is 189 g/mol. The summed E-state index contributed by atoms with van der Waals surface area (Å²) < 4.78 is 0. The number of rotatable bonds is 1. The van der Waals surface area contributed by atoms with Crippen molar-refractivity contribution in [3.63, 3.8) is 0 Å². The summed E-state index contributed by atoms with van der Waals surface area (Å²) >= 11 is 0. The van der Waals surface area contributed by atoms with Crippen molar-refractivity contribution in [2.24, 2.45) is 0 Å². The van der Waals surface area contributed by atoms with E-state index in [-0.39, 0.29) is 32.7 Å². The first-order chi connectivity index (χ1) is 3.93. The molecule has 0 saturated heterocycles. The maximum Gasteiger partial charge on any atom is 0.0950 e. The SMILES string of the molecule is O=Cc1c[c-]ccc1.[Y]. The van der Waals surface area contributed by atoms with Gasteiger partial charge in [0.25, 0.3) is 0 Å². The zero-order valence-electron chi connectivity index (χ0n) is 4.87. The third-order valence-electron chi connectivity index (χ3n) is 0.867. The summed E-state index contributed by atoms with van der Waals surface area (Å²) in [5.74, 6) is 0. The number of hydrogen-bond donors (Lipinski definition) is 0. The Morgan fingerprint density at radius 1 is 1.56 bits per heavy atom. The fraction of sp³-hybridized carbons (Fsp3) is 0. The van der Waals surface area contributed by atoms with Crippen LogP contribution in [0.15, 0.2) is 24.3 Å². The van der Waals surface area contributed by atoms with Crippen LogP contribution < -0.4 is 0 Å². The maximum atomic E-state index is 9.99. The average Bonchev–Trinajstić information content (AvgIpc) is 1.90. The van der Waals surface area contributed by atoms with Crippen LogP contribution in [0, 0.1) is 6.07 Å². The van der Waals surface area contributed by atoms with Gasteiger partial charge in [0.2, 0.25) is 0 Å². The molecule has 1 aromatic carbocycles. The minimum absolute atomic E-state index is 0. The van der Waals surface area contributed by atoms with Gasteiger partial charge in [0.05, 0.1) is 6.29 Å². The normalized spacial score (nSPS) is 7.56.